The van der Waals surface area contributed by atoms with Gasteiger partial charge in [0, 0.05) is 18.2 Å². The maximum atomic E-state index is 12.7. The van der Waals surface area contributed by atoms with Gasteiger partial charge in [-0.3, -0.25) is 9.59 Å². The van der Waals surface area contributed by atoms with E-state index in [2.05, 4.69) is 57.4 Å². The number of ether oxygens (including phenoxy) is 1. The van der Waals surface area contributed by atoms with Crippen LogP contribution < -0.4 is 10.6 Å². The topological polar surface area (TPSA) is 67.4 Å². The molecule has 4 fully saturated rings. The average molecular weight is 481 g/mol. The van der Waals surface area contributed by atoms with Gasteiger partial charge in [0.05, 0.1) is 6.10 Å². The van der Waals surface area contributed by atoms with Crippen LogP contribution >= 0.6 is 0 Å². The van der Waals surface area contributed by atoms with Gasteiger partial charge in [-0.2, -0.15) is 0 Å². The zero-order valence-electron chi connectivity index (χ0n) is 22.3. The standard InChI is InChI=1S/C30H44N2O3/c1-28(2,3)19-6-8-20(9-7-19)31-27(34)18-35-25-13-11-22-21-10-12-24-29(4,17-15-26(33)32-24)23(21)14-16-30(22,25)5/h6-9,21-25H,10-18H2,1-5H3,(H,31,34)(H,32,33)/t21-,22-,23-,24+,25-,29+,30-/m0/s1. The van der Waals surface area contributed by atoms with Crippen molar-refractivity contribution in [3.63, 3.8) is 0 Å². The van der Waals surface area contributed by atoms with Crippen molar-refractivity contribution in [2.24, 2.45) is 28.6 Å². The summed E-state index contributed by atoms with van der Waals surface area (Å²) >= 11 is 0. The number of carbonyl (C=O) groups excluding carboxylic acids is 2. The second-order valence-corrected chi connectivity index (χ2v) is 13.4. The Labute approximate surface area is 211 Å². The lowest BCUT2D eigenvalue weighted by Gasteiger charge is -2.60. The molecule has 2 N–H and O–H groups in total. The summed E-state index contributed by atoms with van der Waals surface area (Å²) in [5.74, 6) is 2.24. The molecule has 1 aliphatic heterocycles. The van der Waals surface area contributed by atoms with Gasteiger partial charge in [0.2, 0.25) is 11.8 Å². The molecule has 1 saturated heterocycles. The van der Waals surface area contributed by atoms with Gasteiger partial charge in [-0.1, -0.05) is 46.8 Å². The zero-order chi connectivity index (χ0) is 25.0. The van der Waals surface area contributed by atoms with Crippen molar-refractivity contribution in [3.05, 3.63) is 29.8 Å². The van der Waals surface area contributed by atoms with Gasteiger partial charge in [0.1, 0.15) is 6.61 Å². The third-order valence-electron chi connectivity index (χ3n) is 10.5. The highest BCUT2D eigenvalue weighted by Gasteiger charge is 2.60. The summed E-state index contributed by atoms with van der Waals surface area (Å²) in [5.41, 5.74) is 2.56. The van der Waals surface area contributed by atoms with E-state index < -0.39 is 0 Å². The Morgan fingerprint density at radius 2 is 1.71 bits per heavy atom. The molecule has 3 aliphatic carbocycles. The lowest BCUT2D eigenvalue weighted by molar-refractivity contribution is -0.143. The summed E-state index contributed by atoms with van der Waals surface area (Å²) < 4.78 is 6.34. The molecule has 5 rings (SSSR count). The maximum absolute atomic E-state index is 12.7. The Balaban J connectivity index is 1.19. The minimum absolute atomic E-state index is 0.0692. The lowest BCUT2D eigenvalue weighted by atomic mass is 9.47. The van der Waals surface area contributed by atoms with Crippen LogP contribution in [0.5, 0.6) is 0 Å². The van der Waals surface area contributed by atoms with Gasteiger partial charge < -0.3 is 15.4 Å². The van der Waals surface area contributed by atoms with Crippen LogP contribution in [0.2, 0.25) is 0 Å². The molecule has 7 atom stereocenters. The Bertz CT molecular complexity index is 967. The van der Waals surface area contributed by atoms with Crippen LogP contribution in [0.25, 0.3) is 0 Å². The first-order valence-electron chi connectivity index (χ1n) is 13.8. The first-order valence-corrected chi connectivity index (χ1v) is 13.8. The molecule has 0 radical (unpaired) electrons. The van der Waals surface area contributed by atoms with Crippen LogP contribution in [0.4, 0.5) is 5.69 Å². The number of amides is 2. The predicted octanol–water partition coefficient (Wildman–Crippen LogP) is 5.83. The number of rotatable bonds is 4. The van der Waals surface area contributed by atoms with Gasteiger partial charge in [0.25, 0.3) is 0 Å². The van der Waals surface area contributed by atoms with Crippen molar-refractivity contribution >= 4 is 17.5 Å². The third-order valence-corrected chi connectivity index (χ3v) is 10.5. The van der Waals surface area contributed by atoms with Crippen LogP contribution in [0.3, 0.4) is 0 Å². The Morgan fingerprint density at radius 3 is 2.43 bits per heavy atom. The normalized spacial score (nSPS) is 38.7. The average Bonchev–Trinajstić information content (AvgIpc) is 3.14. The van der Waals surface area contributed by atoms with E-state index in [1.807, 2.05) is 12.1 Å². The van der Waals surface area contributed by atoms with Gasteiger partial charge in [-0.25, -0.2) is 0 Å². The second-order valence-electron chi connectivity index (χ2n) is 13.4. The fraction of sp³-hybridized carbons (Fsp3) is 0.733. The first kappa shape index (κ1) is 24.8. The molecule has 1 aromatic rings. The molecular formula is C30H44N2O3. The second kappa shape index (κ2) is 8.90. The lowest BCUT2D eigenvalue weighted by Crippen LogP contribution is -2.61. The monoisotopic (exact) mass is 480 g/mol. The molecule has 5 heteroatoms. The molecule has 192 valence electrons. The molecule has 3 saturated carbocycles. The van der Waals surface area contributed by atoms with Crippen molar-refractivity contribution in [2.75, 3.05) is 11.9 Å². The van der Waals surface area contributed by atoms with E-state index in [1.165, 1.54) is 24.8 Å². The van der Waals surface area contributed by atoms with Crippen molar-refractivity contribution in [2.45, 2.75) is 104 Å². The summed E-state index contributed by atoms with van der Waals surface area (Å²) in [6.45, 7) is 11.6. The number of carbonyl (C=O) groups is 2. The number of benzene rings is 1. The molecule has 1 heterocycles. The van der Waals surface area contributed by atoms with E-state index in [0.717, 1.165) is 31.4 Å². The summed E-state index contributed by atoms with van der Waals surface area (Å²) in [6, 6.07) is 8.49. The molecule has 35 heavy (non-hydrogen) atoms. The summed E-state index contributed by atoms with van der Waals surface area (Å²) in [6.07, 6.45) is 8.81. The van der Waals surface area contributed by atoms with Gasteiger partial charge >= 0.3 is 0 Å². The van der Waals surface area contributed by atoms with E-state index in [-0.39, 0.29) is 40.8 Å². The highest BCUT2D eigenvalue weighted by Crippen LogP contribution is 2.64. The van der Waals surface area contributed by atoms with Crippen LogP contribution in [-0.2, 0) is 19.7 Å². The highest BCUT2D eigenvalue weighted by atomic mass is 16.5. The van der Waals surface area contributed by atoms with E-state index in [4.69, 9.17) is 4.74 Å². The van der Waals surface area contributed by atoms with Crippen molar-refractivity contribution < 1.29 is 14.3 Å². The molecule has 1 aromatic carbocycles. The smallest absolute Gasteiger partial charge is 0.250 e. The van der Waals surface area contributed by atoms with Crippen molar-refractivity contribution in [3.8, 4) is 0 Å². The third kappa shape index (κ3) is 4.43. The van der Waals surface area contributed by atoms with E-state index in [0.29, 0.717) is 30.2 Å². The van der Waals surface area contributed by atoms with E-state index in [1.54, 1.807) is 0 Å². The molecule has 0 bridgehead atoms. The van der Waals surface area contributed by atoms with Gasteiger partial charge in [-0.15, -0.1) is 0 Å². The van der Waals surface area contributed by atoms with Crippen molar-refractivity contribution in [1.29, 1.82) is 0 Å². The number of fused-ring (bicyclic) bond motifs is 5. The Morgan fingerprint density at radius 1 is 1.00 bits per heavy atom. The van der Waals surface area contributed by atoms with Crippen molar-refractivity contribution in [1.82, 2.24) is 5.32 Å². The van der Waals surface area contributed by atoms with E-state index >= 15 is 0 Å². The molecular weight excluding hydrogens is 436 g/mol. The molecule has 0 aromatic heterocycles. The maximum Gasteiger partial charge on any atom is 0.250 e. The van der Waals surface area contributed by atoms with Gasteiger partial charge in [-0.05, 0) is 96.6 Å². The first-order chi connectivity index (χ1) is 16.5. The minimum Gasteiger partial charge on any atom is -0.368 e. The molecule has 5 nitrogen and oxygen atoms in total. The van der Waals surface area contributed by atoms with Crippen LogP contribution in [-0.4, -0.2) is 30.6 Å². The summed E-state index contributed by atoms with van der Waals surface area (Å²) in [5, 5.41) is 6.34. The predicted molar refractivity (Wildman–Crippen MR) is 139 cm³/mol. The van der Waals surface area contributed by atoms with Gasteiger partial charge in [0.15, 0.2) is 0 Å². The Kier molecular flexibility index (Phi) is 6.31. The number of hydrogen-bond acceptors (Lipinski definition) is 3. The van der Waals surface area contributed by atoms with Crippen LogP contribution in [0.15, 0.2) is 24.3 Å². The quantitative estimate of drug-likeness (QED) is 0.570. The fourth-order valence-electron chi connectivity index (χ4n) is 8.35. The highest BCUT2D eigenvalue weighted by molar-refractivity contribution is 5.91. The van der Waals surface area contributed by atoms with Crippen LogP contribution in [0, 0.1) is 28.6 Å². The molecule has 0 spiro atoms. The zero-order valence-corrected chi connectivity index (χ0v) is 22.3. The number of nitrogens with one attached hydrogen (secondary N) is 2. The van der Waals surface area contributed by atoms with Crippen LogP contribution in [0.1, 0.15) is 91.5 Å². The minimum atomic E-state index is -0.0692. The van der Waals surface area contributed by atoms with E-state index in [9.17, 15) is 9.59 Å². The number of anilines is 1. The molecule has 4 aliphatic rings. The number of piperidine rings is 1. The molecule has 0 unspecified atom stereocenters. The summed E-state index contributed by atoms with van der Waals surface area (Å²) in [7, 11) is 0. The number of hydrogen-bond donors (Lipinski definition) is 2. The SMILES string of the molecule is CC(C)(C)c1ccc(NC(=O)CO[C@H]2CC[C@H]3[C@@H]4CC[C@H]5NC(=O)CC[C@]5(C)[C@H]4CC[C@]23C)cc1. The largest absolute Gasteiger partial charge is 0.368 e. The summed E-state index contributed by atoms with van der Waals surface area (Å²) in [4.78, 5) is 24.7. The molecule has 2 amide bonds. The Hall–Kier alpha value is -1.88. The fourth-order valence-corrected chi connectivity index (χ4v) is 8.35.